The van der Waals surface area contributed by atoms with Gasteiger partial charge < -0.3 is 0 Å². The highest BCUT2D eigenvalue weighted by Crippen LogP contribution is 2.48. The molecule has 3 atom stereocenters. The Hall–Kier alpha value is -0.730. The molecule has 0 saturated heterocycles. The Morgan fingerprint density at radius 2 is 2.10 bits per heavy atom. The van der Waals surface area contributed by atoms with Gasteiger partial charge in [0.2, 0.25) is 0 Å². The summed E-state index contributed by atoms with van der Waals surface area (Å²) in [6.07, 6.45) is 3.36. The van der Waals surface area contributed by atoms with Crippen molar-refractivity contribution >= 4 is 0 Å². The number of halogens is 3. The molecule has 1 saturated carbocycles. The zero-order valence-electron chi connectivity index (χ0n) is 13.8. The van der Waals surface area contributed by atoms with Gasteiger partial charge in [0.05, 0.1) is 0 Å². The van der Waals surface area contributed by atoms with E-state index in [9.17, 15) is 13.2 Å². The minimum Gasteiger partial charge on any atom is -0.166 e. The van der Waals surface area contributed by atoms with E-state index in [0.29, 0.717) is 5.92 Å². The monoisotopic (exact) mass is 302 g/mol. The average molecular weight is 302 g/mol. The van der Waals surface area contributed by atoms with Gasteiger partial charge in [-0.3, -0.25) is 0 Å². The van der Waals surface area contributed by atoms with Crippen LogP contribution in [-0.2, 0) is 0 Å². The summed E-state index contributed by atoms with van der Waals surface area (Å²) in [5, 5.41) is 0. The highest BCUT2D eigenvalue weighted by atomic mass is 19.4. The first-order chi connectivity index (χ1) is 9.60. The molecule has 0 nitrogen and oxygen atoms in total. The molecule has 0 aromatic carbocycles. The van der Waals surface area contributed by atoms with Crippen LogP contribution in [0.2, 0.25) is 0 Å². The van der Waals surface area contributed by atoms with E-state index in [1.807, 2.05) is 0 Å². The molecule has 0 aromatic heterocycles. The van der Waals surface area contributed by atoms with E-state index in [1.165, 1.54) is 25.3 Å². The number of alkyl halides is 3. The number of hydrogen-bond donors (Lipinski definition) is 0. The van der Waals surface area contributed by atoms with Crippen molar-refractivity contribution in [2.75, 3.05) is 0 Å². The van der Waals surface area contributed by atoms with Crippen LogP contribution in [0, 0.1) is 17.3 Å². The first-order valence-electron chi connectivity index (χ1n) is 8.06. The lowest BCUT2D eigenvalue weighted by atomic mass is 9.62. The molecule has 1 aliphatic rings. The van der Waals surface area contributed by atoms with Gasteiger partial charge in [0.1, 0.15) is 0 Å². The van der Waals surface area contributed by atoms with E-state index in [0.717, 1.165) is 24.8 Å². The van der Waals surface area contributed by atoms with Gasteiger partial charge in [-0.15, -0.1) is 0 Å². The van der Waals surface area contributed by atoms with E-state index in [4.69, 9.17) is 0 Å². The number of allylic oxidation sites excluding steroid dienone is 3. The van der Waals surface area contributed by atoms with Crippen molar-refractivity contribution in [3.8, 4) is 0 Å². The maximum Gasteiger partial charge on any atom is 0.415 e. The summed E-state index contributed by atoms with van der Waals surface area (Å²) in [5.41, 5.74) is 0.454. The van der Waals surface area contributed by atoms with Gasteiger partial charge in [-0.05, 0) is 36.5 Å². The maximum atomic E-state index is 12.6. The van der Waals surface area contributed by atoms with E-state index < -0.39 is 11.7 Å². The van der Waals surface area contributed by atoms with Crippen molar-refractivity contribution in [2.45, 2.75) is 72.4 Å². The molecule has 0 bridgehead atoms. The lowest BCUT2D eigenvalue weighted by Gasteiger charge is -2.43. The highest BCUT2D eigenvalue weighted by molar-refractivity contribution is 5.27. The summed E-state index contributed by atoms with van der Waals surface area (Å²) >= 11 is 0. The predicted molar refractivity (Wildman–Crippen MR) is 83.1 cm³/mol. The second kappa shape index (κ2) is 7.02. The van der Waals surface area contributed by atoms with Crippen LogP contribution in [0.5, 0.6) is 0 Å². The molecule has 1 fully saturated rings. The van der Waals surface area contributed by atoms with Gasteiger partial charge in [-0.2, -0.15) is 13.2 Å². The minimum atomic E-state index is -4.30. The van der Waals surface area contributed by atoms with Crippen LogP contribution in [0.3, 0.4) is 0 Å². The summed E-state index contributed by atoms with van der Waals surface area (Å²) in [6.45, 7) is 12.0. The van der Waals surface area contributed by atoms with Crippen molar-refractivity contribution in [1.29, 1.82) is 0 Å². The van der Waals surface area contributed by atoms with Crippen molar-refractivity contribution in [3.63, 3.8) is 0 Å². The van der Waals surface area contributed by atoms with E-state index in [1.54, 1.807) is 0 Å². The fourth-order valence-corrected chi connectivity index (χ4v) is 3.44. The van der Waals surface area contributed by atoms with Gasteiger partial charge in [-0.25, -0.2) is 0 Å². The van der Waals surface area contributed by atoms with Crippen molar-refractivity contribution < 1.29 is 13.2 Å². The van der Waals surface area contributed by atoms with E-state index >= 15 is 0 Å². The van der Waals surface area contributed by atoms with Gasteiger partial charge >= 0.3 is 6.18 Å². The third kappa shape index (κ3) is 4.89. The van der Waals surface area contributed by atoms with Gasteiger partial charge in [-0.1, -0.05) is 65.2 Å². The molecule has 0 aliphatic heterocycles. The largest absolute Gasteiger partial charge is 0.415 e. The highest BCUT2D eigenvalue weighted by Gasteiger charge is 2.38. The second-order valence-corrected chi connectivity index (χ2v) is 7.04. The Bertz CT molecular complexity index is 392. The molecular weight excluding hydrogens is 273 g/mol. The molecule has 1 aliphatic carbocycles. The molecule has 0 spiro atoms. The van der Waals surface area contributed by atoms with Crippen LogP contribution in [0.15, 0.2) is 23.8 Å². The molecule has 0 unspecified atom stereocenters. The standard InChI is InChI=1S/C18H29F3/c1-6-7-8-14(3)17(5)10-9-16(13(2)12-17)11-15(4)18(19,20)21/h11,13-14H,4,6-10,12H2,1-3,5H3/b16-11+/t13-,14-,17-/m0/s1. The van der Waals surface area contributed by atoms with Crippen molar-refractivity contribution in [2.24, 2.45) is 17.3 Å². The minimum absolute atomic E-state index is 0.215. The number of unbranched alkanes of at least 4 members (excludes halogenated alkanes) is 1. The average Bonchev–Trinajstić information content (AvgIpc) is 2.38. The van der Waals surface area contributed by atoms with Crippen LogP contribution in [-0.4, -0.2) is 6.18 Å². The van der Waals surface area contributed by atoms with Crippen LogP contribution < -0.4 is 0 Å². The Labute approximate surface area is 127 Å². The molecule has 0 N–H and O–H groups in total. The molecule has 0 amide bonds. The molecule has 1 rings (SSSR count). The Morgan fingerprint density at radius 1 is 1.48 bits per heavy atom. The lowest BCUT2D eigenvalue weighted by Crippen LogP contribution is -2.32. The van der Waals surface area contributed by atoms with Crippen molar-refractivity contribution in [1.82, 2.24) is 0 Å². The third-order valence-corrected chi connectivity index (χ3v) is 5.29. The van der Waals surface area contributed by atoms with Crippen molar-refractivity contribution in [3.05, 3.63) is 23.8 Å². The fraction of sp³-hybridized carbons (Fsp3) is 0.778. The van der Waals surface area contributed by atoms with Crippen LogP contribution in [0.1, 0.15) is 66.2 Å². The van der Waals surface area contributed by atoms with Gasteiger partial charge in [0.25, 0.3) is 0 Å². The Balaban J connectivity index is 2.73. The van der Waals surface area contributed by atoms with Crippen LogP contribution >= 0.6 is 0 Å². The quantitative estimate of drug-likeness (QED) is 0.531. The second-order valence-electron chi connectivity index (χ2n) is 7.04. The fourth-order valence-electron chi connectivity index (χ4n) is 3.44. The summed E-state index contributed by atoms with van der Waals surface area (Å²) in [6, 6.07) is 0. The molecule has 0 heterocycles. The summed E-state index contributed by atoms with van der Waals surface area (Å²) in [4.78, 5) is 0. The third-order valence-electron chi connectivity index (χ3n) is 5.29. The topological polar surface area (TPSA) is 0 Å². The van der Waals surface area contributed by atoms with Gasteiger partial charge in [0, 0.05) is 5.57 Å². The lowest BCUT2D eigenvalue weighted by molar-refractivity contribution is -0.0879. The number of hydrogen-bond acceptors (Lipinski definition) is 0. The molecule has 0 aromatic rings. The normalized spacial score (nSPS) is 30.4. The maximum absolute atomic E-state index is 12.6. The molecular formula is C18H29F3. The molecule has 3 heteroatoms. The van der Waals surface area contributed by atoms with Gasteiger partial charge in [0.15, 0.2) is 0 Å². The summed E-state index contributed by atoms with van der Waals surface area (Å²) in [7, 11) is 0. The molecule has 0 radical (unpaired) electrons. The summed E-state index contributed by atoms with van der Waals surface area (Å²) < 4.78 is 37.8. The number of rotatable bonds is 5. The zero-order chi connectivity index (χ0) is 16.3. The first-order valence-corrected chi connectivity index (χ1v) is 8.06. The molecule has 21 heavy (non-hydrogen) atoms. The van der Waals surface area contributed by atoms with E-state index in [-0.39, 0.29) is 11.3 Å². The molecule has 122 valence electrons. The van der Waals surface area contributed by atoms with Crippen LogP contribution in [0.4, 0.5) is 13.2 Å². The summed E-state index contributed by atoms with van der Waals surface area (Å²) in [5.74, 6) is 0.846. The van der Waals surface area contributed by atoms with Crippen LogP contribution in [0.25, 0.3) is 0 Å². The SMILES string of the molecule is C=C(/C=C1\CC[C@](C)([C@@H](C)CCCC)C[C@@H]1C)C(F)(F)F. The Kier molecular flexibility index (Phi) is 6.12. The smallest absolute Gasteiger partial charge is 0.166 e. The first kappa shape index (κ1) is 18.3. The predicted octanol–water partition coefficient (Wildman–Crippen LogP) is 6.68. The zero-order valence-corrected chi connectivity index (χ0v) is 13.8. The van der Waals surface area contributed by atoms with E-state index in [2.05, 4.69) is 34.3 Å². The Morgan fingerprint density at radius 3 is 2.57 bits per heavy atom.